The van der Waals surface area contributed by atoms with E-state index in [-0.39, 0.29) is 17.1 Å². The summed E-state index contributed by atoms with van der Waals surface area (Å²) in [6.45, 7) is 1.67. The third kappa shape index (κ3) is 3.26. The Labute approximate surface area is 143 Å². The first kappa shape index (κ1) is 16.5. The van der Waals surface area contributed by atoms with Crippen LogP contribution < -0.4 is 10.5 Å². The Morgan fingerprint density at radius 2 is 2.04 bits per heavy atom. The summed E-state index contributed by atoms with van der Waals surface area (Å²) in [7, 11) is 0. The van der Waals surface area contributed by atoms with Gasteiger partial charge in [-0.25, -0.2) is 9.37 Å². The number of hydrogen-bond acceptors (Lipinski definition) is 4. The second-order valence-electron chi connectivity index (χ2n) is 5.76. The predicted molar refractivity (Wildman–Crippen MR) is 89.8 cm³/mol. The molecule has 0 amide bonds. The van der Waals surface area contributed by atoms with E-state index >= 15 is 0 Å². The molecule has 0 spiro atoms. The molecule has 1 aliphatic heterocycles. The van der Waals surface area contributed by atoms with E-state index in [0.717, 1.165) is 32.4 Å². The Morgan fingerprint density at radius 3 is 2.75 bits per heavy atom. The fraction of sp³-hybridized carbons (Fsp3) is 0.353. The van der Waals surface area contributed by atoms with Gasteiger partial charge in [0.05, 0.1) is 24.4 Å². The minimum Gasteiger partial charge on any atom is -0.342 e. The highest BCUT2D eigenvalue weighted by atomic mass is 35.5. The first-order valence-electron chi connectivity index (χ1n) is 7.79. The van der Waals surface area contributed by atoms with Crippen LogP contribution in [-0.4, -0.2) is 22.6 Å². The molecule has 1 aromatic carbocycles. The van der Waals surface area contributed by atoms with E-state index in [1.54, 1.807) is 0 Å². The highest BCUT2D eigenvalue weighted by molar-refractivity contribution is 6.30. The van der Waals surface area contributed by atoms with Crippen molar-refractivity contribution in [1.82, 2.24) is 9.55 Å². The van der Waals surface area contributed by atoms with E-state index in [2.05, 4.69) is 4.98 Å². The van der Waals surface area contributed by atoms with Crippen molar-refractivity contribution in [3.8, 4) is 6.07 Å². The summed E-state index contributed by atoms with van der Waals surface area (Å²) in [6.07, 6.45) is 4.56. The zero-order valence-corrected chi connectivity index (χ0v) is 13.8. The third-order valence-corrected chi connectivity index (χ3v) is 4.40. The molecular weight excluding hydrogens is 331 g/mol. The summed E-state index contributed by atoms with van der Waals surface area (Å²) in [5, 5.41) is 9.22. The summed E-state index contributed by atoms with van der Waals surface area (Å²) in [5.74, 6) is 0.0591. The molecule has 1 fully saturated rings. The molecule has 0 aliphatic carbocycles. The van der Waals surface area contributed by atoms with Crippen LogP contribution in [0.5, 0.6) is 0 Å². The van der Waals surface area contributed by atoms with Crippen molar-refractivity contribution < 1.29 is 4.39 Å². The van der Waals surface area contributed by atoms with Gasteiger partial charge in [0, 0.05) is 13.1 Å². The molecule has 5 nitrogen and oxygen atoms in total. The molecule has 1 aliphatic rings. The number of piperidine rings is 1. The van der Waals surface area contributed by atoms with E-state index in [1.165, 1.54) is 29.0 Å². The van der Waals surface area contributed by atoms with Gasteiger partial charge in [-0.2, -0.15) is 5.26 Å². The van der Waals surface area contributed by atoms with Crippen LogP contribution in [0.15, 0.2) is 29.2 Å². The predicted octanol–water partition coefficient (Wildman–Crippen LogP) is 2.95. The lowest BCUT2D eigenvalue weighted by Gasteiger charge is -2.29. The Hall–Kier alpha value is -2.39. The number of hydrogen-bond donors (Lipinski definition) is 0. The minimum absolute atomic E-state index is 0.00525. The number of benzene rings is 1. The number of nitrogens with zero attached hydrogens (tertiary/aromatic N) is 4. The zero-order chi connectivity index (χ0) is 17.1. The van der Waals surface area contributed by atoms with E-state index < -0.39 is 5.82 Å². The monoisotopic (exact) mass is 346 g/mol. The highest BCUT2D eigenvalue weighted by Crippen LogP contribution is 2.20. The number of aromatic nitrogens is 2. The van der Waals surface area contributed by atoms with Crippen molar-refractivity contribution >= 4 is 17.5 Å². The maximum atomic E-state index is 13.6. The average molecular weight is 347 g/mol. The van der Waals surface area contributed by atoms with Crippen molar-refractivity contribution in [2.24, 2.45) is 0 Å². The van der Waals surface area contributed by atoms with Gasteiger partial charge < -0.3 is 4.90 Å². The fourth-order valence-electron chi connectivity index (χ4n) is 2.92. The molecule has 0 saturated carbocycles. The van der Waals surface area contributed by atoms with Crippen LogP contribution >= 0.6 is 11.6 Å². The van der Waals surface area contributed by atoms with Gasteiger partial charge in [0.1, 0.15) is 10.8 Å². The zero-order valence-electron chi connectivity index (χ0n) is 13.0. The molecule has 3 rings (SSSR count). The molecule has 1 aromatic heterocycles. The first-order valence-corrected chi connectivity index (χ1v) is 8.17. The average Bonchev–Trinajstić information content (AvgIpc) is 2.60. The lowest BCUT2D eigenvalue weighted by Crippen LogP contribution is -2.36. The van der Waals surface area contributed by atoms with Gasteiger partial charge in [-0.1, -0.05) is 11.6 Å². The Morgan fingerprint density at radius 1 is 1.29 bits per heavy atom. The van der Waals surface area contributed by atoms with Crippen LogP contribution in [0.25, 0.3) is 0 Å². The second kappa shape index (κ2) is 7.02. The van der Waals surface area contributed by atoms with Crippen molar-refractivity contribution in [2.75, 3.05) is 18.0 Å². The molecule has 2 aromatic rings. The molecule has 7 heteroatoms. The third-order valence-electron chi connectivity index (χ3n) is 4.14. The molecule has 1 saturated heterocycles. The van der Waals surface area contributed by atoms with Gasteiger partial charge >= 0.3 is 0 Å². The lowest BCUT2D eigenvalue weighted by molar-refractivity contribution is 0.550. The number of rotatable bonds is 3. The van der Waals surface area contributed by atoms with E-state index in [0.29, 0.717) is 17.1 Å². The van der Waals surface area contributed by atoms with Crippen LogP contribution in [0.3, 0.4) is 0 Å². The maximum Gasteiger partial charge on any atom is 0.273 e. The summed E-state index contributed by atoms with van der Waals surface area (Å²) >= 11 is 5.94. The lowest BCUT2D eigenvalue weighted by atomic mass is 10.1. The number of anilines is 1. The van der Waals surface area contributed by atoms with E-state index in [9.17, 15) is 14.4 Å². The van der Waals surface area contributed by atoms with Crippen LogP contribution in [0.1, 0.15) is 30.4 Å². The maximum absolute atomic E-state index is 13.6. The molecular formula is C17H16ClFN4O. The van der Waals surface area contributed by atoms with Gasteiger partial charge in [-0.05, 0) is 43.0 Å². The molecule has 2 heterocycles. The molecule has 0 atom stereocenters. The quantitative estimate of drug-likeness (QED) is 0.857. The van der Waals surface area contributed by atoms with Crippen LogP contribution in [0, 0.1) is 17.1 Å². The molecule has 0 bridgehead atoms. The van der Waals surface area contributed by atoms with Crippen molar-refractivity contribution in [3.05, 3.63) is 56.7 Å². The minimum atomic E-state index is -0.452. The summed E-state index contributed by atoms with van der Waals surface area (Å²) < 4.78 is 15.0. The normalized spacial score (nSPS) is 14.5. The van der Waals surface area contributed by atoms with Gasteiger partial charge in [0.2, 0.25) is 5.95 Å². The van der Waals surface area contributed by atoms with Crippen LogP contribution in [0.2, 0.25) is 5.02 Å². The molecule has 0 radical (unpaired) electrons. The first-order chi connectivity index (χ1) is 11.6. The van der Waals surface area contributed by atoms with Crippen LogP contribution in [-0.2, 0) is 6.54 Å². The summed E-state index contributed by atoms with van der Waals surface area (Å²) in [5.41, 5.74) is 0.371. The SMILES string of the molecule is N#Cc1ccc(F)cc1Cn1c(N2CCCCC2)ncc(Cl)c1=O. The fourth-order valence-corrected chi connectivity index (χ4v) is 3.07. The Kier molecular flexibility index (Phi) is 4.81. The molecule has 24 heavy (non-hydrogen) atoms. The second-order valence-corrected chi connectivity index (χ2v) is 6.17. The smallest absolute Gasteiger partial charge is 0.273 e. The van der Waals surface area contributed by atoms with Crippen LogP contribution in [0.4, 0.5) is 10.3 Å². The van der Waals surface area contributed by atoms with Crippen molar-refractivity contribution in [1.29, 1.82) is 5.26 Å². The summed E-state index contributed by atoms with van der Waals surface area (Å²) in [6, 6.07) is 5.94. The number of halogens is 2. The summed E-state index contributed by atoms with van der Waals surface area (Å²) in [4.78, 5) is 18.9. The van der Waals surface area contributed by atoms with Crippen molar-refractivity contribution in [2.45, 2.75) is 25.8 Å². The molecule has 0 N–H and O–H groups in total. The van der Waals surface area contributed by atoms with E-state index in [1.807, 2.05) is 11.0 Å². The Balaban J connectivity index is 2.07. The van der Waals surface area contributed by atoms with Gasteiger partial charge in [-0.15, -0.1) is 0 Å². The molecule has 0 unspecified atom stereocenters. The van der Waals surface area contributed by atoms with Crippen molar-refractivity contribution in [3.63, 3.8) is 0 Å². The van der Waals surface area contributed by atoms with Gasteiger partial charge in [-0.3, -0.25) is 9.36 Å². The Bertz CT molecular complexity index is 853. The number of nitriles is 1. The largest absolute Gasteiger partial charge is 0.342 e. The highest BCUT2D eigenvalue weighted by Gasteiger charge is 2.19. The van der Waals surface area contributed by atoms with Gasteiger partial charge in [0.25, 0.3) is 5.56 Å². The topological polar surface area (TPSA) is 61.9 Å². The van der Waals surface area contributed by atoms with Gasteiger partial charge in [0.15, 0.2) is 0 Å². The molecule has 124 valence electrons. The van der Waals surface area contributed by atoms with E-state index in [4.69, 9.17) is 11.6 Å². The standard InChI is InChI=1S/C17H16ClFN4O/c18-15-10-21-17(22-6-2-1-3-7-22)23(16(15)24)11-13-8-14(19)5-4-12(13)9-20/h4-5,8,10H,1-3,6-7,11H2.